The molecule has 3 atom stereocenters. The van der Waals surface area contributed by atoms with E-state index in [1.54, 1.807) is 0 Å². The number of amides is 2. The van der Waals surface area contributed by atoms with E-state index < -0.39 is 11.7 Å². The SMILES string of the molecule is CC1CC2CCCC(C(C)(C)OC(=O)N3CCCC3=O)(C1)C2. The topological polar surface area (TPSA) is 46.6 Å². The summed E-state index contributed by atoms with van der Waals surface area (Å²) in [6.45, 7) is 6.96. The molecular formula is C18H29NO3. The second-order valence-electron chi connectivity index (χ2n) is 8.31. The third-order valence-corrected chi connectivity index (χ3v) is 6.34. The predicted octanol–water partition coefficient (Wildman–Crippen LogP) is 4.13. The Bertz CT molecular complexity index is 469. The van der Waals surface area contributed by atoms with Crippen LogP contribution in [0, 0.1) is 17.3 Å². The summed E-state index contributed by atoms with van der Waals surface area (Å²) in [5, 5.41) is 0. The zero-order valence-corrected chi connectivity index (χ0v) is 14.2. The van der Waals surface area contributed by atoms with Crippen LogP contribution < -0.4 is 0 Å². The molecule has 0 radical (unpaired) electrons. The number of fused-ring (bicyclic) bond motifs is 2. The summed E-state index contributed by atoms with van der Waals surface area (Å²) in [7, 11) is 0. The highest BCUT2D eigenvalue weighted by Crippen LogP contribution is 2.57. The van der Waals surface area contributed by atoms with E-state index in [2.05, 4.69) is 20.8 Å². The molecule has 2 amide bonds. The summed E-state index contributed by atoms with van der Waals surface area (Å²) in [5.41, 5.74) is -0.410. The summed E-state index contributed by atoms with van der Waals surface area (Å²) in [6.07, 6.45) is 8.13. The van der Waals surface area contributed by atoms with Crippen molar-refractivity contribution in [3.63, 3.8) is 0 Å². The van der Waals surface area contributed by atoms with Gasteiger partial charge in [0.2, 0.25) is 5.91 Å². The van der Waals surface area contributed by atoms with Crippen LogP contribution in [0.25, 0.3) is 0 Å². The third-order valence-electron chi connectivity index (χ3n) is 6.34. The van der Waals surface area contributed by atoms with Crippen molar-refractivity contribution < 1.29 is 14.3 Å². The van der Waals surface area contributed by atoms with Crippen molar-refractivity contribution in [2.24, 2.45) is 17.3 Å². The summed E-state index contributed by atoms with van der Waals surface area (Å²) in [6, 6.07) is 0. The van der Waals surface area contributed by atoms with Crippen LogP contribution in [0.15, 0.2) is 0 Å². The van der Waals surface area contributed by atoms with Gasteiger partial charge in [-0.3, -0.25) is 4.79 Å². The fourth-order valence-corrected chi connectivity index (χ4v) is 5.21. The molecule has 2 bridgehead atoms. The largest absolute Gasteiger partial charge is 0.442 e. The van der Waals surface area contributed by atoms with Gasteiger partial charge in [0.1, 0.15) is 5.60 Å². The van der Waals surface area contributed by atoms with Gasteiger partial charge in [0.15, 0.2) is 0 Å². The average molecular weight is 307 g/mol. The number of likely N-dealkylation sites (tertiary alicyclic amines) is 1. The molecule has 4 nitrogen and oxygen atoms in total. The Morgan fingerprint density at radius 1 is 1.32 bits per heavy atom. The van der Waals surface area contributed by atoms with Crippen molar-refractivity contribution in [3.05, 3.63) is 0 Å². The molecule has 1 aliphatic heterocycles. The molecule has 2 saturated carbocycles. The highest BCUT2D eigenvalue weighted by Gasteiger charge is 2.53. The van der Waals surface area contributed by atoms with E-state index in [1.165, 1.54) is 30.6 Å². The van der Waals surface area contributed by atoms with Gasteiger partial charge in [-0.2, -0.15) is 0 Å². The molecule has 0 N–H and O–H groups in total. The van der Waals surface area contributed by atoms with Crippen molar-refractivity contribution in [3.8, 4) is 0 Å². The second kappa shape index (κ2) is 5.54. The van der Waals surface area contributed by atoms with Gasteiger partial charge >= 0.3 is 6.09 Å². The quantitative estimate of drug-likeness (QED) is 0.770. The van der Waals surface area contributed by atoms with E-state index in [-0.39, 0.29) is 11.3 Å². The molecule has 3 fully saturated rings. The normalized spacial score (nSPS) is 35.6. The maximum atomic E-state index is 12.4. The highest BCUT2D eigenvalue weighted by molar-refractivity contribution is 5.93. The lowest BCUT2D eigenvalue weighted by molar-refractivity contribution is -0.138. The van der Waals surface area contributed by atoms with Gasteiger partial charge < -0.3 is 4.74 Å². The monoisotopic (exact) mass is 307 g/mol. The molecule has 0 aromatic carbocycles. The molecule has 3 rings (SSSR count). The van der Waals surface area contributed by atoms with Crippen molar-refractivity contribution in [1.82, 2.24) is 4.90 Å². The molecule has 3 unspecified atom stereocenters. The lowest BCUT2D eigenvalue weighted by atomic mass is 9.53. The van der Waals surface area contributed by atoms with E-state index in [4.69, 9.17) is 4.74 Å². The molecule has 22 heavy (non-hydrogen) atoms. The van der Waals surface area contributed by atoms with Crippen LogP contribution in [0.1, 0.15) is 72.1 Å². The minimum absolute atomic E-state index is 0.0863. The van der Waals surface area contributed by atoms with Gasteiger partial charge in [-0.25, -0.2) is 9.69 Å². The predicted molar refractivity (Wildman–Crippen MR) is 84.3 cm³/mol. The van der Waals surface area contributed by atoms with E-state index in [0.29, 0.717) is 18.9 Å². The first kappa shape index (κ1) is 15.8. The lowest BCUT2D eigenvalue weighted by Gasteiger charge is -2.55. The minimum atomic E-state index is -0.500. The second-order valence-corrected chi connectivity index (χ2v) is 8.31. The third kappa shape index (κ3) is 2.65. The average Bonchev–Trinajstić information content (AvgIpc) is 2.83. The van der Waals surface area contributed by atoms with Crippen molar-refractivity contribution >= 4 is 12.0 Å². The number of rotatable bonds is 2. The number of imide groups is 1. The Balaban J connectivity index is 1.76. The van der Waals surface area contributed by atoms with E-state index in [1.807, 2.05) is 0 Å². The maximum absolute atomic E-state index is 12.4. The molecule has 0 aromatic rings. The standard InChI is InChI=1S/C18H29NO3/c1-13-10-14-6-4-8-18(11-13,12-14)17(2,3)22-16(21)19-9-5-7-15(19)20/h13-14H,4-12H2,1-3H3. The van der Waals surface area contributed by atoms with Crippen molar-refractivity contribution in [2.45, 2.75) is 77.7 Å². The van der Waals surface area contributed by atoms with Crippen molar-refractivity contribution in [1.29, 1.82) is 0 Å². The number of carbonyl (C=O) groups excluding carboxylic acids is 2. The minimum Gasteiger partial charge on any atom is -0.442 e. The number of ether oxygens (including phenoxy) is 1. The van der Waals surface area contributed by atoms with Crippen LogP contribution in [0.3, 0.4) is 0 Å². The first-order valence-electron chi connectivity index (χ1n) is 8.86. The van der Waals surface area contributed by atoms with Gasteiger partial charge in [0.05, 0.1) is 0 Å². The number of hydrogen-bond donors (Lipinski definition) is 0. The van der Waals surface area contributed by atoms with Crippen LogP contribution in [-0.2, 0) is 9.53 Å². The molecule has 0 spiro atoms. The van der Waals surface area contributed by atoms with Crippen LogP contribution in [0.5, 0.6) is 0 Å². The molecule has 1 saturated heterocycles. The lowest BCUT2D eigenvalue weighted by Crippen LogP contribution is -2.54. The van der Waals surface area contributed by atoms with E-state index in [0.717, 1.165) is 25.2 Å². The first-order chi connectivity index (χ1) is 10.3. The summed E-state index contributed by atoms with van der Waals surface area (Å²) < 4.78 is 5.92. The van der Waals surface area contributed by atoms with Gasteiger partial charge in [0.25, 0.3) is 0 Å². The van der Waals surface area contributed by atoms with E-state index >= 15 is 0 Å². The zero-order valence-electron chi connectivity index (χ0n) is 14.2. The Hall–Kier alpha value is -1.06. The number of carbonyl (C=O) groups is 2. The molecule has 3 aliphatic rings. The molecule has 4 heteroatoms. The summed E-state index contributed by atoms with van der Waals surface area (Å²) in [4.78, 5) is 25.5. The fraction of sp³-hybridized carbons (Fsp3) is 0.889. The Morgan fingerprint density at radius 2 is 2.09 bits per heavy atom. The molecule has 2 aliphatic carbocycles. The molecule has 1 heterocycles. The molecular weight excluding hydrogens is 278 g/mol. The first-order valence-corrected chi connectivity index (χ1v) is 8.86. The van der Waals surface area contributed by atoms with Gasteiger partial charge in [0, 0.05) is 18.4 Å². The van der Waals surface area contributed by atoms with Crippen LogP contribution in [0.2, 0.25) is 0 Å². The van der Waals surface area contributed by atoms with Crippen LogP contribution in [-0.4, -0.2) is 29.0 Å². The van der Waals surface area contributed by atoms with Crippen molar-refractivity contribution in [2.75, 3.05) is 6.54 Å². The van der Waals surface area contributed by atoms with E-state index in [9.17, 15) is 9.59 Å². The zero-order chi connectivity index (χ0) is 16.0. The molecule has 0 aromatic heterocycles. The highest BCUT2D eigenvalue weighted by atomic mass is 16.6. The van der Waals surface area contributed by atoms with Gasteiger partial charge in [-0.1, -0.05) is 19.8 Å². The summed E-state index contributed by atoms with van der Waals surface area (Å²) in [5.74, 6) is 1.39. The fourth-order valence-electron chi connectivity index (χ4n) is 5.21. The Kier molecular flexibility index (Phi) is 3.98. The maximum Gasteiger partial charge on any atom is 0.417 e. The van der Waals surface area contributed by atoms with Crippen LogP contribution >= 0.6 is 0 Å². The Labute approximate surface area is 133 Å². The summed E-state index contributed by atoms with van der Waals surface area (Å²) >= 11 is 0. The van der Waals surface area contributed by atoms with Gasteiger partial charge in [-0.15, -0.1) is 0 Å². The Morgan fingerprint density at radius 3 is 2.77 bits per heavy atom. The number of hydrogen-bond acceptors (Lipinski definition) is 3. The number of nitrogens with zero attached hydrogens (tertiary/aromatic N) is 1. The van der Waals surface area contributed by atoms with Crippen LogP contribution in [0.4, 0.5) is 4.79 Å². The van der Waals surface area contributed by atoms with Gasteiger partial charge in [-0.05, 0) is 57.8 Å². The molecule has 124 valence electrons. The smallest absolute Gasteiger partial charge is 0.417 e.